The molecule has 1 aromatic rings. The molecule has 2 heterocycles. The maximum Gasteiger partial charge on any atom is 0.351 e. The fourth-order valence-corrected chi connectivity index (χ4v) is 5.08. The minimum atomic E-state index is -6.01. The number of nitrogen functional groups attached to an aromatic ring is 1. The zero-order chi connectivity index (χ0) is 21.3. The lowest BCUT2D eigenvalue weighted by Crippen LogP contribution is -2.31. The van der Waals surface area contributed by atoms with E-state index in [4.69, 9.17) is 15.4 Å². The summed E-state index contributed by atoms with van der Waals surface area (Å²) in [7, 11) is -17.5. The zero-order valence-corrected chi connectivity index (χ0v) is 19.2. The molecular formula is C9H25N6O13P3. The third-order valence-electron chi connectivity index (χ3n) is 3.11. The number of quaternary nitrogens is 3. The van der Waals surface area contributed by atoms with Crippen LogP contribution in [0.2, 0.25) is 0 Å². The summed E-state index contributed by atoms with van der Waals surface area (Å²) >= 11 is 0. The molecule has 3 unspecified atom stereocenters. The fraction of sp³-hybridized carbons (Fsp3) is 0.556. The number of phosphoric ester groups is 1. The van der Waals surface area contributed by atoms with Gasteiger partial charge in [0, 0.05) is 12.6 Å². The largest absolute Gasteiger partial charge is 0.756 e. The third-order valence-corrected chi connectivity index (χ3v) is 6.80. The van der Waals surface area contributed by atoms with Crippen molar-refractivity contribution in [1.29, 1.82) is 0 Å². The van der Waals surface area contributed by atoms with Crippen LogP contribution in [0.4, 0.5) is 5.82 Å². The highest BCUT2D eigenvalue weighted by Gasteiger charge is 2.37. The van der Waals surface area contributed by atoms with Crippen LogP contribution in [0.15, 0.2) is 17.1 Å². The summed E-state index contributed by atoms with van der Waals surface area (Å²) in [5, 5.41) is 9.96. The Bertz CT molecular complexity index is 922. The van der Waals surface area contributed by atoms with E-state index < -0.39 is 54.2 Å². The first kappa shape index (κ1) is 32.1. The summed E-state index contributed by atoms with van der Waals surface area (Å²) in [5.74, 6) is -0.0761. The maximum absolute atomic E-state index is 11.8. The molecule has 1 aliphatic heterocycles. The number of anilines is 1. The fourth-order valence-electron chi connectivity index (χ4n) is 2.17. The Morgan fingerprint density at radius 2 is 1.77 bits per heavy atom. The van der Waals surface area contributed by atoms with Crippen molar-refractivity contribution in [3.63, 3.8) is 0 Å². The molecule has 0 spiro atoms. The van der Waals surface area contributed by atoms with E-state index in [0.717, 1.165) is 4.57 Å². The molecule has 1 saturated heterocycles. The maximum atomic E-state index is 11.8. The number of hydrogen-bond donors (Lipinski definition) is 6. The van der Waals surface area contributed by atoms with E-state index in [1.807, 2.05) is 0 Å². The first-order valence-corrected chi connectivity index (χ1v) is 11.5. The summed E-state index contributed by atoms with van der Waals surface area (Å²) in [6.45, 7) is -0.861. The summed E-state index contributed by atoms with van der Waals surface area (Å²) in [6, 6.07) is 1.25. The monoisotopic (exact) mass is 518 g/mol. The number of ether oxygens (including phenoxy) is 1. The smallest absolute Gasteiger partial charge is 0.351 e. The minimum Gasteiger partial charge on any atom is -0.756 e. The van der Waals surface area contributed by atoms with Crippen LogP contribution in [0.25, 0.3) is 0 Å². The molecule has 0 aromatic carbocycles. The van der Waals surface area contributed by atoms with Gasteiger partial charge in [0.25, 0.3) is 23.5 Å². The quantitative estimate of drug-likeness (QED) is 0.204. The van der Waals surface area contributed by atoms with Gasteiger partial charge >= 0.3 is 5.69 Å². The van der Waals surface area contributed by atoms with Crippen LogP contribution < -0.4 is 44.6 Å². The van der Waals surface area contributed by atoms with E-state index in [1.54, 1.807) is 0 Å². The van der Waals surface area contributed by atoms with Gasteiger partial charge in [-0.2, -0.15) is 4.98 Å². The number of phosphoric acid groups is 3. The van der Waals surface area contributed by atoms with Crippen LogP contribution in [0.1, 0.15) is 12.6 Å². The molecule has 31 heavy (non-hydrogen) atoms. The molecule has 0 radical (unpaired) electrons. The molecule has 6 atom stereocenters. The second kappa shape index (κ2) is 11.7. The predicted molar refractivity (Wildman–Crippen MR) is 98.6 cm³/mol. The van der Waals surface area contributed by atoms with Crippen LogP contribution >= 0.6 is 23.5 Å². The first-order valence-electron chi connectivity index (χ1n) is 7.09. The van der Waals surface area contributed by atoms with E-state index in [-0.39, 0.29) is 30.7 Å². The highest BCUT2D eigenvalue weighted by molar-refractivity contribution is 7.65. The average molecular weight is 518 g/mol. The number of aromatic nitrogens is 2. The Hall–Kier alpha value is -1.11. The second-order valence-electron chi connectivity index (χ2n) is 5.32. The number of nitrogens with two attached hydrogens (primary N) is 1. The van der Waals surface area contributed by atoms with Gasteiger partial charge in [0.2, 0.25) is 0 Å². The molecule has 1 fully saturated rings. The van der Waals surface area contributed by atoms with E-state index in [9.17, 15) is 38.3 Å². The molecule has 0 amide bonds. The van der Waals surface area contributed by atoms with Gasteiger partial charge in [-0.15, -0.1) is 0 Å². The summed E-state index contributed by atoms with van der Waals surface area (Å²) < 4.78 is 49.9. The molecule has 0 aliphatic carbocycles. The van der Waals surface area contributed by atoms with Gasteiger partial charge in [0.1, 0.15) is 11.9 Å². The van der Waals surface area contributed by atoms with Crippen molar-refractivity contribution < 1.29 is 56.3 Å². The van der Waals surface area contributed by atoms with Crippen LogP contribution in [-0.4, -0.2) is 38.4 Å². The number of aliphatic hydroxyl groups excluding tert-OH is 1. The van der Waals surface area contributed by atoms with E-state index >= 15 is 0 Å². The lowest BCUT2D eigenvalue weighted by Gasteiger charge is -2.32. The van der Waals surface area contributed by atoms with E-state index in [0.29, 0.717) is 0 Å². The number of hydrogen-bond acceptors (Lipinski definition) is 14. The van der Waals surface area contributed by atoms with Crippen molar-refractivity contribution in [2.45, 2.75) is 24.9 Å². The first-order chi connectivity index (χ1) is 12.7. The molecule has 1 aliphatic rings. The van der Waals surface area contributed by atoms with Crippen molar-refractivity contribution in [1.82, 2.24) is 28.0 Å². The number of aliphatic hydroxyl groups is 1. The Labute approximate surface area is 174 Å². The summed E-state index contributed by atoms with van der Waals surface area (Å²) in [6.07, 6.45) is -2.70. The Balaban J connectivity index is 0. The van der Waals surface area contributed by atoms with Gasteiger partial charge < -0.3 is 58.1 Å². The summed E-state index contributed by atoms with van der Waals surface area (Å²) in [5.41, 5.74) is 4.49. The number of nitrogens with zero attached hydrogens (tertiary/aromatic N) is 2. The molecule has 22 heteroatoms. The molecule has 2 rings (SSSR count). The second-order valence-corrected chi connectivity index (χ2v) is 9.61. The van der Waals surface area contributed by atoms with Crippen LogP contribution in [0, 0.1) is 0 Å². The molecule has 184 valence electrons. The Morgan fingerprint density at radius 1 is 1.19 bits per heavy atom. The lowest BCUT2D eigenvalue weighted by atomic mass is 10.2. The molecule has 1 aromatic heterocycles. The molecule has 0 saturated carbocycles. The Morgan fingerprint density at radius 3 is 2.29 bits per heavy atom. The van der Waals surface area contributed by atoms with Crippen LogP contribution in [-0.2, 0) is 31.6 Å². The van der Waals surface area contributed by atoms with Crippen molar-refractivity contribution in [3.8, 4) is 0 Å². The highest BCUT2D eigenvalue weighted by atomic mass is 31.3. The number of rotatable bonds is 8. The van der Waals surface area contributed by atoms with Gasteiger partial charge in [0.15, 0.2) is 6.23 Å². The van der Waals surface area contributed by atoms with Crippen molar-refractivity contribution in [3.05, 3.63) is 22.7 Å². The molecular weight excluding hydrogens is 493 g/mol. The minimum absolute atomic E-state index is 0. The third kappa shape index (κ3) is 9.92. The normalized spacial score (nSPS) is 26.2. The van der Waals surface area contributed by atoms with Gasteiger partial charge in [-0.25, -0.2) is 13.4 Å². The van der Waals surface area contributed by atoms with E-state index in [1.165, 1.54) is 12.3 Å². The van der Waals surface area contributed by atoms with Crippen molar-refractivity contribution >= 4 is 29.3 Å². The van der Waals surface area contributed by atoms with Gasteiger partial charge in [-0.3, -0.25) is 18.3 Å². The topological polar surface area (TPSA) is 368 Å². The van der Waals surface area contributed by atoms with Gasteiger partial charge in [-0.1, -0.05) is 0 Å². The van der Waals surface area contributed by atoms with E-state index in [2.05, 4.69) is 18.1 Å². The summed E-state index contributed by atoms with van der Waals surface area (Å²) in [4.78, 5) is 56.4. The molecule has 16 N–H and O–H groups in total. The predicted octanol–water partition coefficient (Wildman–Crippen LogP) is -1.95. The highest BCUT2D eigenvalue weighted by Crippen LogP contribution is 2.61. The molecule has 0 bridgehead atoms. The van der Waals surface area contributed by atoms with Crippen LogP contribution in [0.3, 0.4) is 0 Å². The standard InChI is InChI=1S/C9H16N3O13P3.3H3N/c10-7-1-2-12(9(14)11-7)8-6(13)3-5(23-8)4-22-27(18,19)25-28(20,21)24-26(15,16)17;;;/h1-2,5-6,8,13H,3-4H2,(H,18,19)(H,20,21)(H2,10,11,14)(H2,15,16,17);3*1H3/t5-,6+,8+;;;/m0.../s1. The SMILES string of the molecule is Nc1ccn([C@@H]2O[C@H](COP(=O)([O-])OP(=O)([O-])OP(=O)([O-])O)C[C@H]2O)c(=O)n1.[NH4+].[NH4+].[NH4+]. The van der Waals surface area contributed by atoms with Crippen LogP contribution in [0.5, 0.6) is 0 Å². The zero-order valence-electron chi connectivity index (χ0n) is 16.5. The lowest BCUT2D eigenvalue weighted by molar-refractivity contribution is -0.250. The average Bonchev–Trinajstić information content (AvgIpc) is 2.82. The van der Waals surface area contributed by atoms with Gasteiger partial charge in [-0.05, 0) is 6.07 Å². The van der Waals surface area contributed by atoms with Crippen molar-refractivity contribution in [2.24, 2.45) is 0 Å². The molecule has 19 nitrogen and oxygen atoms in total. The Kier molecular flexibility index (Phi) is 12.1. The van der Waals surface area contributed by atoms with Crippen molar-refractivity contribution in [2.75, 3.05) is 12.3 Å². The van der Waals surface area contributed by atoms with Gasteiger partial charge in [0.05, 0.1) is 12.7 Å².